The smallest absolute Gasteiger partial charge is 0.343 e. The van der Waals surface area contributed by atoms with Gasteiger partial charge in [-0.05, 0) is 46.3 Å². The van der Waals surface area contributed by atoms with Crippen LogP contribution in [0.4, 0.5) is 0 Å². The fraction of sp³-hybridized carbons (Fsp3) is 0.235. The van der Waals surface area contributed by atoms with Crippen LogP contribution in [0.15, 0.2) is 46.9 Å². The molecule has 0 N–H and O–H groups in total. The fourth-order valence-electron chi connectivity index (χ4n) is 1.84. The van der Waals surface area contributed by atoms with Crippen LogP contribution in [0, 0.1) is 0 Å². The summed E-state index contributed by atoms with van der Waals surface area (Å²) in [5.41, 5.74) is 0.405. The molecule has 0 saturated heterocycles. The van der Waals surface area contributed by atoms with Gasteiger partial charge < -0.3 is 18.9 Å². The lowest BCUT2D eigenvalue weighted by molar-refractivity contribution is 0.0729. The van der Waals surface area contributed by atoms with Gasteiger partial charge in [-0.3, -0.25) is 0 Å². The summed E-state index contributed by atoms with van der Waals surface area (Å²) >= 11 is 3.38. The molecule has 0 aliphatic carbocycles. The lowest BCUT2D eigenvalue weighted by Crippen LogP contribution is -2.10. The van der Waals surface area contributed by atoms with Gasteiger partial charge in [-0.15, -0.1) is 0 Å². The van der Waals surface area contributed by atoms with Crippen molar-refractivity contribution in [1.82, 2.24) is 0 Å². The predicted molar refractivity (Wildman–Crippen MR) is 89.5 cm³/mol. The van der Waals surface area contributed by atoms with Crippen molar-refractivity contribution in [1.29, 1.82) is 0 Å². The summed E-state index contributed by atoms with van der Waals surface area (Å²) < 4.78 is 21.7. The number of esters is 1. The Morgan fingerprint density at radius 3 is 2.39 bits per heavy atom. The molecule has 6 heteroatoms. The van der Waals surface area contributed by atoms with Gasteiger partial charge in [0.25, 0.3) is 0 Å². The van der Waals surface area contributed by atoms with Gasteiger partial charge in [0.05, 0.1) is 23.8 Å². The van der Waals surface area contributed by atoms with Crippen molar-refractivity contribution in [3.63, 3.8) is 0 Å². The second kappa shape index (κ2) is 8.55. The Bertz CT molecular complexity index is 672. The van der Waals surface area contributed by atoms with Crippen LogP contribution in [0.5, 0.6) is 17.2 Å². The normalized spacial score (nSPS) is 10.2. The molecule has 2 aromatic carbocycles. The molecule has 0 radical (unpaired) electrons. The van der Waals surface area contributed by atoms with Crippen molar-refractivity contribution in [3.8, 4) is 17.2 Å². The summed E-state index contributed by atoms with van der Waals surface area (Å²) in [4.78, 5) is 12.2. The van der Waals surface area contributed by atoms with Crippen molar-refractivity contribution in [2.75, 3.05) is 27.4 Å². The van der Waals surface area contributed by atoms with E-state index in [-0.39, 0.29) is 0 Å². The van der Waals surface area contributed by atoms with Crippen molar-refractivity contribution >= 4 is 21.9 Å². The summed E-state index contributed by atoms with van der Waals surface area (Å²) in [6.45, 7) is 0.921. The molecular formula is C17H17BrO5. The van der Waals surface area contributed by atoms with E-state index in [1.165, 1.54) is 7.11 Å². The summed E-state index contributed by atoms with van der Waals surface area (Å²) in [7, 11) is 3.13. The van der Waals surface area contributed by atoms with Crippen molar-refractivity contribution in [2.45, 2.75) is 0 Å². The monoisotopic (exact) mass is 380 g/mol. The maximum absolute atomic E-state index is 12.2. The molecule has 0 saturated carbocycles. The number of rotatable bonds is 7. The van der Waals surface area contributed by atoms with E-state index >= 15 is 0 Å². The molecule has 0 aromatic heterocycles. The summed E-state index contributed by atoms with van der Waals surface area (Å²) in [5.74, 6) is 1.03. The first kappa shape index (κ1) is 17.3. The predicted octanol–water partition coefficient (Wildman–Crippen LogP) is 3.70. The zero-order chi connectivity index (χ0) is 16.7. The number of ether oxygens (including phenoxy) is 4. The fourth-order valence-corrected chi connectivity index (χ4v) is 2.33. The van der Waals surface area contributed by atoms with Crippen molar-refractivity contribution < 1.29 is 23.7 Å². The molecule has 0 bridgehead atoms. The van der Waals surface area contributed by atoms with Crippen LogP contribution >= 0.6 is 15.9 Å². The lowest BCUT2D eigenvalue weighted by atomic mass is 10.2. The van der Waals surface area contributed by atoms with E-state index in [1.807, 2.05) is 0 Å². The third kappa shape index (κ3) is 4.71. The van der Waals surface area contributed by atoms with E-state index in [9.17, 15) is 4.79 Å². The van der Waals surface area contributed by atoms with Gasteiger partial charge in [0, 0.05) is 7.11 Å². The zero-order valence-electron chi connectivity index (χ0n) is 12.9. The Labute approximate surface area is 143 Å². The highest BCUT2D eigenvalue weighted by Crippen LogP contribution is 2.29. The highest BCUT2D eigenvalue weighted by molar-refractivity contribution is 9.10. The Kier molecular flexibility index (Phi) is 6.43. The molecule has 0 fully saturated rings. The maximum Gasteiger partial charge on any atom is 0.343 e. The van der Waals surface area contributed by atoms with E-state index in [1.54, 1.807) is 49.6 Å². The average Bonchev–Trinajstić information content (AvgIpc) is 2.57. The molecule has 23 heavy (non-hydrogen) atoms. The topological polar surface area (TPSA) is 54.0 Å². The second-order valence-electron chi connectivity index (χ2n) is 4.53. The van der Waals surface area contributed by atoms with Crippen LogP contribution in [0.1, 0.15) is 10.4 Å². The average molecular weight is 381 g/mol. The Morgan fingerprint density at radius 2 is 1.74 bits per heavy atom. The first-order valence-electron chi connectivity index (χ1n) is 6.92. The molecule has 0 atom stereocenters. The highest BCUT2D eigenvalue weighted by atomic mass is 79.9. The van der Waals surface area contributed by atoms with Crippen LogP contribution < -0.4 is 14.2 Å². The van der Waals surface area contributed by atoms with Gasteiger partial charge in [0.2, 0.25) is 0 Å². The SMILES string of the molecule is COCCOc1ccc(C(=O)Oc2ccccc2OC)cc1Br. The molecule has 5 nitrogen and oxygen atoms in total. The number of halogens is 1. The molecule has 0 heterocycles. The minimum atomic E-state index is -0.473. The van der Waals surface area contributed by atoms with Gasteiger partial charge in [-0.25, -0.2) is 4.79 Å². The van der Waals surface area contributed by atoms with Gasteiger partial charge >= 0.3 is 5.97 Å². The van der Waals surface area contributed by atoms with Gasteiger partial charge in [0.1, 0.15) is 12.4 Å². The standard InChI is InChI=1S/C17H17BrO5/c1-20-9-10-22-14-8-7-12(11-13(14)18)17(19)23-16-6-4-3-5-15(16)21-2/h3-8,11H,9-10H2,1-2H3. The first-order chi connectivity index (χ1) is 11.2. The van der Waals surface area contributed by atoms with Crippen LogP contribution in [0.3, 0.4) is 0 Å². The van der Waals surface area contributed by atoms with Crippen LogP contribution in [0.2, 0.25) is 0 Å². The van der Waals surface area contributed by atoms with E-state index < -0.39 is 5.97 Å². The number of benzene rings is 2. The molecule has 122 valence electrons. The third-order valence-electron chi connectivity index (χ3n) is 2.98. The second-order valence-corrected chi connectivity index (χ2v) is 5.38. The molecule has 0 amide bonds. The number of hydrogen-bond donors (Lipinski definition) is 0. The van der Waals surface area contributed by atoms with E-state index in [0.717, 1.165) is 0 Å². The number of carbonyl (C=O) groups excluding carboxylic acids is 1. The molecule has 0 unspecified atom stereocenters. The molecule has 2 rings (SSSR count). The van der Waals surface area contributed by atoms with Gasteiger partial charge in [-0.1, -0.05) is 12.1 Å². The van der Waals surface area contributed by atoms with E-state index in [2.05, 4.69) is 15.9 Å². The molecule has 0 spiro atoms. The minimum Gasteiger partial charge on any atom is -0.493 e. The summed E-state index contributed by atoms with van der Waals surface area (Å²) in [6, 6.07) is 12.0. The molecule has 0 aliphatic rings. The van der Waals surface area contributed by atoms with Gasteiger partial charge in [-0.2, -0.15) is 0 Å². The maximum atomic E-state index is 12.2. The first-order valence-corrected chi connectivity index (χ1v) is 7.71. The lowest BCUT2D eigenvalue weighted by Gasteiger charge is -2.11. The molecular weight excluding hydrogens is 364 g/mol. The van der Waals surface area contributed by atoms with Crippen LogP contribution in [-0.2, 0) is 4.74 Å². The third-order valence-corrected chi connectivity index (χ3v) is 3.60. The van der Waals surface area contributed by atoms with E-state index in [4.69, 9.17) is 18.9 Å². The highest BCUT2D eigenvalue weighted by Gasteiger charge is 2.14. The quantitative estimate of drug-likeness (QED) is 0.416. The largest absolute Gasteiger partial charge is 0.493 e. The number of hydrogen-bond acceptors (Lipinski definition) is 5. The molecule has 2 aromatic rings. The van der Waals surface area contributed by atoms with Crippen molar-refractivity contribution in [3.05, 3.63) is 52.5 Å². The van der Waals surface area contributed by atoms with Crippen LogP contribution in [-0.4, -0.2) is 33.4 Å². The Hall–Kier alpha value is -2.05. The number of methoxy groups -OCH3 is 2. The van der Waals surface area contributed by atoms with Crippen molar-refractivity contribution in [2.24, 2.45) is 0 Å². The zero-order valence-corrected chi connectivity index (χ0v) is 14.5. The number of para-hydroxylation sites is 2. The van der Waals surface area contributed by atoms with Gasteiger partial charge in [0.15, 0.2) is 11.5 Å². The van der Waals surface area contributed by atoms with Crippen LogP contribution in [0.25, 0.3) is 0 Å². The number of carbonyl (C=O) groups is 1. The Morgan fingerprint density at radius 1 is 1.00 bits per heavy atom. The summed E-state index contributed by atoms with van der Waals surface area (Å²) in [5, 5.41) is 0. The Balaban J connectivity index is 2.09. The minimum absolute atomic E-state index is 0.372. The summed E-state index contributed by atoms with van der Waals surface area (Å²) in [6.07, 6.45) is 0. The molecule has 0 aliphatic heterocycles. The van der Waals surface area contributed by atoms with E-state index in [0.29, 0.717) is 40.5 Å².